The molecule has 10 heteroatoms. The quantitative estimate of drug-likeness (QED) is 0.800. The van der Waals surface area contributed by atoms with Gasteiger partial charge in [0.1, 0.15) is 23.9 Å². The molecule has 0 saturated carbocycles. The zero-order valence-electron chi connectivity index (χ0n) is 13.4. The summed E-state index contributed by atoms with van der Waals surface area (Å²) in [5.41, 5.74) is 0.358. The second-order valence-corrected chi connectivity index (χ2v) is 5.99. The normalized spacial score (nSPS) is 16.9. The predicted octanol–water partition coefficient (Wildman–Crippen LogP) is 3.92. The van der Waals surface area contributed by atoms with Gasteiger partial charge in [0.2, 0.25) is 0 Å². The van der Waals surface area contributed by atoms with E-state index in [1.807, 2.05) is 0 Å². The van der Waals surface area contributed by atoms with Gasteiger partial charge in [0.05, 0.1) is 11.7 Å². The second kappa shape index (κ2) is 6.93. The Morgan fingerprint density at radius 3 is 2.62 bits per heavy atom. The predicted molar refractivity (Wildman–Crippen MR) is 82.5 cm³/mol. The average Bonchev–Trinajstić information content (AvgIpc) is 2.92. The van der Waals surface area contributed by atoms with Crippen molar-refractivity contribution >= 4 is 11.7 Å². The summed E-state index contributed by atoms with van der Waals surface area (Å²) in [4.78, 5) is 12.1. The number of rotatable bonds is 3. The molecule has 140 valence electrons. The Kier molecular flexibility index (Phi) is 4.84. The molecule has 5 nitrogen and oxygen atoms in total. The molecular weight excluding hydrogens is 359 g/mol. The summed E-state index contributed by atoms with van der Waals surface area (Å²) in [5, 5.41) is 8.52. The van der Waals surface area contributed by atoms with Crippen molar-refractivity contribution in [1.82, 2.24) is 15.1 Å². The molecule has 1 atom stereocenters. The van der Waals surface area contributed by atoms with Crippen LogP contribution in [0.5, 0.6) is 0 Å². The van der Waals surface area contributed by atoms with Gasteiger partial charge in [-0.3, -0.25) is 4.68 Å². The highest BCUT2D eigenvalue weighted by atomic mass is 19.4. The van der Waals surface area contributed by atoms with Gasteiger partial charge in [-0.15, -0.1) is 0 Å². The van der Waals surface area contributed by atoms with E-state index in [9.17, 15) is 26.7 Å². The number of hydrogen-bond acceptors (Lipinski definition) is 2. The highest BCUT2D eigenvalue weighted by molar-refractivity contribution is 5.89. The van der Waals surface area contributed by atoms with E-state index in [0.29, 0.717) is 30.5 Å². The lowest BCUT2D eigenvalue weighted by atomic mass is 9.94. The van der Waals surface area contributed by atoms with E-state index in [4.69, 9.17) is 0 Å². The Balaban J connectivity index is 1.72. The number of fused-ring (bicyclic) bond motifs is 1. The Hall–Kier alpha value is -2.65. The van der Waals surface area contributed by atoms with E-state index in [-0.39, 0.29) is 0 Å². The van der Waals surface area contributed by atoms with Crippen molar-refractivity contribution in [1.29, 1.82) is 0 Å². The van der Waals surface area contributed by atoms with E-state index in [2.05, 4.69) is 15.7 Å². The maximum atomic E-state index is 13.6. The van der Waals surface area contributed by atoms with Crippen LogP contribution in [0.2, 0.25) is 0 Å². The van der Waals surface area contributed by atoms with Crippen LogP contribution in [0, 0.1) is 11.6 Å². The summed E-state index contributed by atoms with van der Waals surface area (Å²) in [6, 6.07) is 1.65. The molecule has 0 radical (unpaired) electrons. The number of hydrogen-bond donors (Lipinski definition) is 2. The number of aryl methyl sites for hydroxylation is 1. The lowest BCUT2D eigenvalue weighted by molar-refractivity contribution is -0.142. The van der Waals surface area contributed by atoms with Gasteiger partial charge < -0.3 is 10.6 Å². The Morgan fingerprint density at radius 1 is 1.27 bits per heavy atom. The summed E-state index contributed by atoms with van der Waals surface area (Å²) >= 11 is 0. The number of urea groups is 1. The van der Waals surface area contributed by atoms with Gasteiger partial charge in [0, 0.05) is 6.20 Å². The first kappa shape index (κ1) is 18.2. The van der Waals surface area contributed by atoms with E-state index in [0.717, 1.165) is 22.9 Å². The summed E-state index contributed by atoms with van der Waals surface area (Å²) in [7, 11) is 0. The molecule has 0 bridgehead atoms. The van der Waals surface area contributed by atoms with Crippen LogP contribution >= 0.6 is 0 Å². The first-order valence-corrected chi connectivity index (χ1v) is 7.87. The number of alkyl halides is 3. The van der Waals surface area contributed by atoms with Crippen molar-refractivity contribution < 1.29 is 26.7 Å². The molecule has 1 unspecified atom stereocenters. The van der Waals surface area contributed by atoms with E-state index < -0.39 is 42.1 Å². The number of para-hydroxylation sites is 1. The zero-order chi connectivity index (χ0) is 18.9. The molecule has 0 fully saturated rings. The number of halogens is 5. The fourth-order valence-electron chi connectivity index (χ4n) is 2.93. The minimum atomic E-state index is -4.41. The number of benzene rings is 1. The SMILES string of the molecule is O=C(Nc1c(F)cccc1F)NC1CCCc2cn(CC(F)(F)F)nc21. The molecule has 2 amide bonds. The molecule has 2 aromatic rings. The maximum absolute atomic E-state index is 13.6. The third kappa shape index (κ3) is 4.12. The Morgan fingerprint density at radius 2 is 1.96 bits per heavy atom. The molecule has 0 aliphatic heterocycles. The number of aromatic nitrogens is 2. The molecule has 2 N–H and O–H groups in total. The second-order valence-electron chi connectivity index (χ2n) is 5.99. The number of anilines is 1. The topological polar surface area (TPSA) is 59.0 Å². The highest BCUT2D eigenvalue weighted by Gasteiger charge is 2.31. The standard InChI is InChI=1S/C16H15F5N4O/c17-10-4-2-5-11(18)14(10)23-15(26)22-12-6-1-3-9-7-25(24-13(9)12)8-16(19,20)21/h2,4-5,7,12H,1,3,6,8H2,(H2,22,23,26). The van der Waals surface area contributed by atoms with Gasteiger partial charge in [0.15, 0.2) is 0 Å². The monoisotopic (exact) mass is 374 g/mol. The largest absolute Gasteiger partial charge is 0.408 e. The molecule has 1 aliphatic rings. The summed E-state index contributed by atoms with van der Waals surface area (Å²) in [6.07, 6.45) is -1.44. The van der Waals surface area contributed by atoms with Crippen molar-refractivity contribution in [3.63, 3.8) is 0 Å². The molecular formula is C16H15F5N4O. The van der Waals surface area contributed by atoms with Gasteiger partial charge >= 0.3 is 12.2 Å². The summed E-state index contributed by atoms with van der Waals surface area (Å²) in [6.45, 7) is -1.22. The fourth-order valence-corrected chi connectivity index (χ4v) is 2.93. The summed E-state index contributed by atoms with van der Waals surface area (Å²) < 4.78 is 65.5. The molecule has 0 saturated heterocycles. The highest BCUT2D eigenvalue weighted by Crippen LogP contribution is 2.30. The summed E-state index contributed by atoms with van der Waals surface area (Å²) in [5.74, 6) is -1.86. The van der Waals surface area contributed by atoms with E-state index in [1.165, 1.54) is 6.20 Å². The van der Waals surface area contributed by atoms with Crippen LogP contribution in [0.4, 0.5) is 32.4 Å². The van der Waals surface area contributed by atoms with Crippen LogP contribution in [0.3, 0.4) is 0 Å². The van der Waals surface area contributed by atoms with Gasteiger partial charge in [-0.25, -0.2) is 13.6 Å². The molecule has 3 rings (SSSR count). The van der Waals surface area contributed by atoms with Crippen molar-refractivity contribution in [2.45, 2.75) is 38.0 Å². The smallest absolute Gasteiger partial charge is 0.329 e. The molecule has 1 aromatic carbocycles. The van der Waals surface area contributed by atoms with Crippen LogP contribution in [0.15, 0.2) is 24.4 Å². The number of nitrogens with zero attached hydrogens (tertiary/aromatic N) is 2. The lowest BCUT2D eigenvalue weighted by Crippen LogP contribution is -2.35. The Labute approximate surface area is 145 Å². The van der Waals surface area contributed by atoms with Crippen molar-refractivity contribution in [2.24, 2.45) is 0 Å². The maximum Gasteiger partial charge on any atom is 0.408 e. The van der Waals surface area contributed by atoms with E-state index >= 15 is 0 Å². The molecule has 26 heavy (non-hydrogen) atoms. The van der Waals surface area contributed by atoms with Crippen LogP contribution in [-0.2, 0) is 13.0 Å². The van der Waals surface area contributed by atoms with Crippen LogP contribution in [-0.4, -0.2) is 22.0 Å². The van der Waals surface area contributed by atoms with Gasteiger partial charge in [0.25, 0.3) is 0 Å². The van der Waals surface area contributed by atoms with Crippen LogP contribution < -0.4 is 10.6 Å². The third-order valence-corrected chi connectivity index (χ3v) is 3.99. The first-order valence-electron chi connectivity index (χ1n) is 7.87. The average molecular weight is 374 g/mol. The van der Waals surface area contributed by atoms with Gasteiger partial charge in [-0.1, -0.05) is 6.07 Å². The number of nitrogens with one attached hydrogen (secondary N) is 2. The van der Waals surface area contributed by atoms with Crippen LogP contribution in [0.1, 0.15) is 30.1 Å². The molecule has 1 aromatic heterocycles. The first-order chi connectivity index (χ1) is 12.2. The minimum absolute atomic E-state index is 0.338. The molecule has 1 aliphatic carbocycles. The Bertz CT molecular complexity index is 797. The fraction of sp³-hybridized carbons (Fsp3) is 0.375. The number of amides is 2. The van der Waals surface area contributed by atoms with Crippen molar-refractivity contribution in [3.8, 4) is 0 Å². The van der Waals surface area contributed by atoms with Crippen molar-refractivity contribution in [3.05, 3.63) is 47.3 Å². The molecule has 0 spiro atoms. The molecule has 1 heterocycles. The van der Waals surface area contributed by atoms with Crippen molar-refractivity contribution in [2.75, 3.05) is 5.32 Å². The third-order valence-electron chi connectivity index (χ3n) is 3.99. The number of carbonyl (C=O) groups is 1. The van der Waals surface area contributed by atoms with Gasteiger partial charge in [-0.05, 0) is 37.0 Å². The van der Waals surface area contributed by atoms with Gasteiger partial charge in [-0.2, -0.15) is 18.3 Å². The van der Waals surface area contributed by atoms with Crippen LogP contribution in [0.25, 0.3) is 0 Å². The zero-order valence-corrected chi connectivity index (χ0v) is 13.4. The lowest BCUT2D eigenvalue weighted by Gasteiger charge is -2.22. The number of carbonyl (C=O) groups excluding carboxylic acids is 1. The minimum Gasteiger partial charge on any atom is -0.329 e. The van der Waals surface area contributed by atoms with E-state index in [1.54, 1.807) is 0 Å².